The van der Waals surface area contributed by atoms with Gasteiger partial charge >= 0.3 is 0 Å². The Morgan fingerprint density at radius 3 is 2.29 bits per heavy atom. The van der Waals surface area contributed by atoms with Gasteiger partial charge in [-0.25, -0.2) is 13.2 Å². The standard InChI is InChI=1S/C15H13F3N2S/c16-10-1-2-14(13(8-10)15(19)21)20-4-3-9-5-11(17)7-12(18)6-9/h1-2,5-8,20H,3-4H2,(H2,19,21). The molecule has 0 fully saturated rings. The van der Waals surface area contributed by atoms with Gasteiger partial charge in [0.05, 0.1) is 0 Å². The van der Waals surface area contributed by atoms with E-state index in [2.05, 4.69) is 5.32 Å². The van der Waals surface area contributed by atoms with E-state index in [1.807, 2.05) is 0 Å². The summed E-state index contributed by atoms with van der Waals surface area (Å²) in [6, 6.07) is 7.41. The quantitative estimate of drug-likeness (QED) is 0.831. The first kappa shape index (κ1) is 15.3. The van der Waals surface area contributed by atoms with E-state index in [-0.39, 0.29) is 4.99 Å². The molecule has 2 aromatic carbocycles. The molecular formula is C15H13F3N2S. The molecule has 2 rings (SSSR count). The number of hydrogen-bond donors (Lipinski definition) is 2. The molecule has 2 aromatic rings. The maximum atomic E-state index is 13.2. The van der Waals surface area contributed by atoms with Gasteiger partial charge in [-0.3, -0.25) is 0 Å². The van der Waals surface area contributed by atoms with Gasteiger partial charge in [-0.2, -0.15) is 0 Å². The molecule has 6 heteroatoms. The Morgan fingerprint density at radius 1 is 1.00 bits per heavy atom. The number of halogens is 3. The molecule has 110 valence electrons. The molecule has 0 aliphatic rings. The second-order valence-electron chi connectivity index (χ2n) is 4.51. The van der Waals surface area contributed by atoms with Gasteiger partial charge < -0.3 is 11.1 Å². The third kappa shape index (κ3) is 4.19. The summed E-state index contributed by atoms with van der Waals surface area (Å²) in [6.45, 7) is 0.407. The molecule has 0 amide bonds. The van der Waals surface area contributed by atoms with Crippen molar-refractivity contribution in [3.05, 3.63) is 65.0 Å². The molecule has 0 aliphatic heterocycles. The van der Waals surface area contributed by atoms with Crippen LogP contribution in [0.15, 0.2) is 36.4 Å². The highest BCUT2D eigenvalue weighted by atomic mass is 32.1. The summed E-state index contributed by atoms with van der Waals surface area (Å²) in [5.41, 5.74) is 7.04. The maximum Gasteiger partial charge on any atom is 0.126 e. The molecule has 2 nitrogen and oxygen atoms in total. The van der Waals surface area contributed by atoms with Crippen molar-refractivity contribution >= 4 is 22.9 Å². The lowest BCUT2D eigenvalue weighted by atomic mass is 10.1. The first-order valence-corrected chi connectivity index (χ1v) is 6.65. The average Bonchev–Trinajstić information content (AvgIpc) is 2.39. The summed E-state index contributed by atoms with van der Waals surface area (Å²) in [7, 11) is 0. The van der Waals surface area contributed by atoms with Gasteiger partial charge in [-0.1, -0.05) is 12.2 Å². The highest BCUT2D eigenvalue weighted by Gasteiger charge is 2.07. The summed E-state index contributed by atoms with van der Waals surface area (Å²) in [4.78, 5) is 0.0776. The molecule has 0 aliphatic carbocycles. The van der Waals surface area contributed by atoms with Crippen LogP contribution in [0.25, 0.3) is 0 Å². The smallest absolute Gasteiger partial charge is 0.126 e. The fraction of sp³-hybridized carbons (Fsp3) is 0.133. The Hall–Kier alpha value is -2.08. The van der Waals surface area contributed by atoms with Crippen molar-refractivity contribution < 1.29 is 13.2 Å². The van der Waals surface area contributed by atoms with Crippen molar-refractivity contribution in [3.8, 4) is 0 Å². The second-order valence-corrected chi connectivity index (χ2v) is 4.95. The third-order valence-electron chi connectivity index (χ3n) is 2.90. The predicted octanol–water partition coefficient (Wildman–Crippen LogP) is 3.39. The normalized spacial score (nSPS) is 10.4. The molecule has 21 heavy (non-hydrogen) atoms. The Kier molecular flexibility index (Phi) is 4.80. The Labute approximate surface area is 125 Å². The van der Waals surface area contributed by atoms with E-state index in [9.17, 15) is 13.2 Å². The van der Waals surface area contributed by atoms with Crippen LogP contribution in [-0.2, 0) is 6.42 Å². The van der Waals surface area contributed by atoms with E-state index < -0.39 is 17.5 Å². The second kappa shape index (κ2) is 6.58. The van der Waals surface area contributed by atoms with Gasteiger partial charge in [0.1, 0.15) is 22.4 Å². The number of nitrogens with one attached hydrogen (secondary N) is 1. The van der Waals surface area contributed by atoms with Crippen molar-refractivity contribution in [2.45, 2.75) is 6.42 Å². The number of rotatable bonds is 5. The first-order chi connectivity index (χ1) is 9.95. The lowest BCUT2D eigenvalue weighted by Gasteiger charge is -2.11. The van der Waals surface area contributed by atoms with Crippen LogP contribution in [0.1, 0.15) is 11.1 Å². The molecule has 0 spiro atoms. The van der Waals surface area contributed by atoms with Gasteiger partial charge in [0.15, 0.2) is 0 Å². The van der Waals surface area contributed by atoms with Crippen molar-refractivity contribution in [2.24, 2.45) is 5.73 Å². The zero-order valence-corrected chi connectivity index (χ0v) is 11.8. The van der Waals surface area contributed by atoms with Crippen LogP contribution in [0.3, 0.4) is 0 Å². The van der Waals surface area contributed by atoms with E-state index in [1.54, 1.807) is 0 Å². The van der Waals surface area contributed by atoms with E-state index in [0.29, 0.717) is 29.8 Å². The molecule has 0 saturated heterocycles. The van der Waals surface area contributed by atoms with Gasteiger partial charge in [-0.05, 0) is 42.3 Å². The summed E-state index contributed by atoms with van der Waals surface area (Å²) in [5.74, 6) is -1.67. The highest BCUT2D eigenvalue weighted by Crippen LogP contribution is 2.17. The molecular weight excluding hydrogens is 297 g/mol. The molecule has 3 N–H and O–H groups in total. The predicted molar refractivity (Wildman–Crippen MR) is 80.8 cm³/mol. The van der Waals surface area contributed by atoms with E-state index in [0.717, 1.165) is 6.07 Å². The summed E-state index contributed by atoms with van der Waals surface area (Å²) in [5, 5.41) is 3.03. The molecule has 0 bridgehead atoms. The largest absolute Gasteiger partial charge is 0.389 e. The SMILES string of the molecule is NC(=S)c1cc(F)ccc1NCCc1cc(F)cc(F)c1. The van der Waals surface area contributed by atoms with Crippen LogP contribution < -0.4 is 11.1 Å². The molecule has 0 saturated carbocycles. The number of anilines is 1. The third-order valence-corrected chi connectivity index (χ3v) is 3.12. The maximum absolute atomic E-state index is 13.2. The monoisotopic (exact) mass is 310 g/mol. The van der Waals surface area contributed by atoms with Crippen LogP contribution in [0.4, 0.5) is 18.9 Å². The van der Waals surface area contributed by atoms with Crippen LogP contribution in [-0.4, -0.2) is 11.5 Å². The van der Waals surface area contributed by atoms with Crippen molar-refractivity contribution in [1.29, 1.82) is 0 Å². The average molecular weight is 310 g/mol. The zero-order valence-electron chi connectivity index (χ0n) is 11.0. The van der Waals surface area contributed by atoms with Crippen LogP contribution in [0.5, 0.6) is 0 Å². The summed E-state index contributed by atoms with van der Waals surface area (Å²) >= 11 is 4.86. The fourth-order valence-corrected chi connectivity index (χ4v) is 2.14. The fourth-order valence-electron chi connectivity index (χ4n) is 1.97. The van der Waals surface area contributed by atoms with Gasteiger partial charge in [0.25, 0.3) is 0 Å². The van der Waals surface area contributed by atoms with Crippen LogP contribution >= 0.6 is 12.2 Å². The van der Waals surface area contributed by atoms with Gasteiger partial charge in [0, 0.05) is 23.9 Å². The number of hydrogen-bond acceptors (Lipinski definition) is 2. The lowest BCUT2D eigenvalue weighted by molar-refractivity contribution is 0.580. The molecule has 0 heterocycles. The van der Waals surface area contributed by atoms with Crippen molar-refractivity contribution in [2.75, 3.05) is 11.9 Å². The van der Waals surface area contributed by atoms with Gasteiger partial charge in [0.2, 0.25) is 0 Å². The molecule has 0 atom stereocenters. The number of thiocarbonyl (C=S) groups is 1. The van der Waals surface area contributed by atoms with E-state index in [1.165, 1.54) is 30.3 Å². The highest BCUT2D eigenvalue weighted by molar-refractivity contribution is 7.80. The Bertz CT molecular complexity index is 654. The zero-order chi connectivity index (χ0) is 15.4. The molecule has 0 unspecified atom stereocenters. The topological polar surface area (TPSA) is 38.0 Å². The Morgan fingerprint density at radius 2 is 1.67 bits per heavy atom. The molecule has 0 aromatic heterocycles. The minimum absolute atomic E-state index is 0.0776. The number of nitrogens with two attached hydrogens (primary N) is 1. The van der Waals surface area contributed by atoms with Crippen molar-refractivity contribution in [1.82, 2.24) is 0 Å². The van der Waals surface area contributed by atoms with Crippen molar-refractivity contribution in [3.63, 3.8) is 0 Å². The first-order valence-electron chi connectivity index (χ1n) is 6.24. The van der Waals surface area contributed by atoms with Crippen LogP contribution in [0, 0.1) is 17.5 Å². The summed E-state index contributed by atoms with van der Waals surface area (Å²) in [6.07, 6.45) is 0.406. The minimum atomic E-state index is -0.615. The lowest BCUT2D eigenvalue weighted by Crippen LogP contribution is -2.15. The number of benzene rings is 2. The Balaban J connectivity index is 2.05. The van der Waals surface area contributed by atoms with E-state index >= 15 is 0 Å². The van der Waals surface area contributed by atoms with Gasteiger partial charge in [-0.15, -0.1) is 0 Å². The summed E-state index contributed by atoms with van der Waals surface area (Å²) < 4.78 is 39.3. The molecule has 0 radical (unpaired) electrons. The minimum Gasteiger partial charge on any atom is -0.389 e. The van der Waals surface area contributed by atoms with E-state index in [4.69, 9.17) is 18.0 Å². The van der Waals surface area contributed by atoms with Crippen LogP contribution in [0.2, 0.25) is 0 Å².